The van der Waals surface area contributed by atoms with Crippen molar-refractivity contribution in [3.05, 3.63) is 59.2 Å². The maximum atomic E-state index is 13.5. The maximum Gasteiger partial charge on any atom is 0.295 e. The monoisotopic (exact) mass is 580 g/mol. The van der Waals surface area contributed by atoms with Gasteiger partial charge in [-0.1, -0.05) is 33.3 Å². The Balaban J connectivity index is 1.67. The van der Waals surface area contributed by atoms with Gasteiger partial charge in [-0.3, -0.25) is 14.5 Å². The Hall–Kier alpha value is -3.56. The van der Waals surface area contributed by atoms with Crippen molar-refractivity contribution in [3.8, 4) is 17.2 Å². The number of nitrogens with zero attached hydrogens (tertiary/aromatic N) is 2. The average molecular weight is 581 g/mol. The van der Waals surface area contributed by atoms with Gasteiger partial charge in [0.2, 0.25) is 0 Å². The van der Waals surface area contributed by atoms with E-state index in [0.717, 1.165) is 32.5 Å². The zero-order valence-electron chi connectivity index (χ0n) is 25.3. The average Bonchev–Trinajstić information content (AvgIpc) is 3.25. The Kier molecular flexibility index (Phi) is 11.3. The number of ether oxygens (including phenoxy) is 4. The summed E-state index contributed by atoms with van der Waals surface area (Å²) in [4.78, 5) is 30.8. The highest BCUT2D eigenvalue weighted by Gasteiger charge is 2.46. The number of aliphatic hydroxyl groups excluding tert-OH is 1. The van der Waals surface area contributed by atoms with Gasteiger partial charge in [-0.2, -0.15) is 0 Å². The highest BCUT2D eigenvalue weighted by atomic mass is 16.5. The molecule has 42 heavy (non-hydrogen) atoms. The van der Waals surface area contributed by atoms with Crippen molar-refractivity contribution >= 4 is 17.4 Å². The quantitative estimate of drug-likeness (QED) is 0.144. The molecule has 1 unspecified atom stereocenters. The van der Waals surface area contributed by atoms with Crippen molar-refractivity contribution in [2.24, 2.45) is 5.92 Å². The molecule has 2 aromatic carbocycles. The van der Waals surface area contributed by atoms with Crippen LogP contribution in [0.4, 0.5) is 0 Å². The lowest BCUT2D eigenvalue weighted by Crippen LogP contribution is -2.39. The molecule has 0 bridgehead atoms. The second-order valence-corrected chi connectivity index (χ2v) is 11.1. The van der Waals surface area contributed by atoms with Gasteiger partial charge < -0.3 is 29.0 Å². The lowest BCUT2D eigenvalue weighted by atomic mass is 9.95. The predicted molar refractivity (Wildman–Crippen MR) is 161 cm³/mol. The number of carbonyl (C=O) groups excluding carboxylic acids is 2. The van der Waals surface area contributed by atoms with Crippen LogP contribution in [0.25, 0.3) is 5.76 Å². The Morgan fingerprint density at radius 1 is 1.00 bits per heavy atom. The SMILES string of the molecule is CCCCOc1ccc(C2C(=C(O)c3ccc(OCC(C)C)cc3)C(=O)C(=O)N2CCCN2CCOCC2)cc1OC. The predicted octanol–water partition coefficient (Wildman–Crippen LogP) is 5.05. The molecule has 0 saturated carbocycles. The molecule has 4 rings (SSSR count). The van der Waals surface area contributed by atoms with Gasteiger partial charge in [0.05, 0.1) is 45.2 Å². The third-order valence-electron chi connectivity index (χ3n) is 7.49. The summed E-state index contributed by atoms with van der Waals surface area (Å²) < 4.78 is 22.8. The van der Waals surface area contributed by atoms with Crippen LogP contribution in [0.2, 0.25) is 0 Å². The molecule has 0 aromatic heterocycles. The number of likely N-dealkylation sites (tertiary alicyclic amines) is 1. The zero-order valence-corrected chi connectivity index (χ0v) is 25.3. The number of benzene rings is 2. The molecule has 0 spiro atoms. The molecule has 2 saturated heterocycles. The number of hydrogen-bond acceptors (Lipinski definition) is 8. The van der Waals surface area contributed by atoms with E-state index >= 15 is 0 Å². The van der Waals surface area contributed by atoms with Gasteiger partial charge in [0.1, 0.15) is 11.5 Å². The summed E-state index contributed by atoms with van der Waals surface area (Å²) in [5.74, 6) is 0.604. The topological polar surface area (TPSA) is 97.8 Å². The van der Waals surface area contributed by atoms with Gasteiger partial charge in [-0.15, -0.1) is 0 Å². The third-order valence-corrected chi connectivity index (χ3v) is 7.49. The number of rotatable bonds is 14. The van der Waals surface area contributed by atoms with E-state index in [2.05, 4.69) is 25.7 Å². The summed E-state index contributed by atoms with van der Waals surface area (Å²) in [5.41, 5.74) is 1.16. The Labute approximate surface area is 249 Å². The normalized spacial score (nSPS) is 19.0. The molecule has 2 aromatic rings. The molecule has 9 heteroatoms. The smallest absolute Gasteiger partial charge is 0.295 e. The second-order valence-electron chi connectivity index (χ2n) is 11.1. The van der Waals surface area contributed by atoms with Crippen molar-refractivity contribution in [1.29, 1.82) is 0 Å². The van der Waals surface area contributed by atoms with Crippen molar-refractivity contribution < 1.29 is 33.6 Å². The fourth-order valence-corrected chi connectivity index (χ4v) is 5.17. The van der Waals surface area contributed by atoms with E-state index in [1.54, 1.807) is 48.4 Å². The number of Topliss-reactive ketones (excluding diaryl/α,β-unsaturated/α-hetero) is 1. The number of hydrogen-bond donors (Lipinski definition) is 1. The molecule has 2 aliphatic rings. The number of morpholine rings is 1. The Morgan fingerprint density at radius 3 is 2.40 bits per heavy atom. The lowest BCUT2D eigenvalue weighted by Gasteiger charge is -2.29. The van der Waals surface area contributed by atoms with Crippen molar-refractivity contribution in [1.82, 2.24) is 9.80 Å². The van der Waals surface area contributed by atoms with E-state index in [1.807, 2.05) is 6.07 Å². The minimum absolute atomic E-state index is 0.0592. The van der Waals surface area contributed by atoms with Crippen LogP contribution in [0, 0.1) is 5.92 Å². The van der Waals surface area contributed by atoms with Crippen molar-refractivity contribution in [3.63, 3.8) is 0 Å². The zero-order chi connectivity index (χ0) is 30.1. The Morgan fingerprint density at radius 2 is 1.74 bits per heavy atom. The minimum Gasteiger partial charge on any atom is -0.507 e. The summed E-state index contributed by atoms with van der Waals surface area (Å²) in [5, 5.41) is 11.5. The first kappa shape index (κ1) is 31.4. The molecule has 1 atom stereocenters. The first-order valence-electron chi connectivity index (χ1n) is 15.0. The van der Waals surface area contributed by atoms with Crippen LogP contribution in [-0.4, -0.2) is 86.3 Å². The van der Waals surface area contributed by atoms with Crippen LogP contribution in [0.15, 0.2) is 48.0 Å². The van der Waals surface area contributed by atoms with E-state index in [9.17, 15) is 14.7 Å². The van der Waals surface area contributed by atoms with Crippen LogP contribution in [0.5, 0.6) is 17.2 Å². The van der Waals surface area contributed by atoms with Crippen LogP contribution >= 0.6 is 0 Å². The van der Waals surface area contributed by atoms with E-state index in [0.29, 0.717) is 73.7 Å². The number of carbonyl (C=O) groups is 2. The number of methoxy groups -OCH3 is 1. The maximum absolute atomic E-state index is 13.5. The standard InChI is InChI=1S/C33H44N2O7/c1-5-6-18-41-27-13-10-25(21-28(27)39-4)30-29(31(36)24-8-11-26(12-9-24)42-22-23(2)3)32(37)33(38)35(30)15-7-14-34-16-19-40-20-17-34/h8-13,21,23,30,36H,5-7,14-20,22H2,1-4H3. The van der Waals surface area contributed by atoms with Crippen LogP contribution in [0.3, 0.4) is 0 Å². The van der Waals surface area contributed by atoms with E-state index in [-0.39, 0.29) is 11.3 Å². The molecule has 1 amide bonds. The van der Waals surface area contributed by atoms with Crippen LogP contribution in [-0.2, 0) is 14.3 Å². The van der Waals surface area contributed by atoms with Gasteiger partial charge >= 0.3 is 0 Å². The fraction of sp³-hybridized carbons (Fsp3) is 0.515. The molecule has 1 N–H and O–H groups in total. The molecule has 2 heterocycles. The minimum atomic E-state index is -0.773. The molecule has 2 fully saturated rings. The fourth-order valence-electron chi connectivity index (χ4n) is 5.17. The molecular weight excluding hydrogens is 536 g/mol. The molecular formula is C33H44N2O7. The summed E-state index contributed by atoms with van der Waals surface area (Å²) in [6.45, 7) is 11.6. The number of aliphatic hydroxyl groups is 1. The molecule has 228 valence electrons. The summed E-state index contributed by atoms with van der Waals surface area (Å²) in [6, 6.07) is 11.6. The van der Waals surface area contributed by atoms with E-state index in [4.69, 9.17) is 18.9 Å². The van der Waals surface area contributed by atoms with E-state index in [1.165, 1.54) is 0 Å². The summed E-state index contributed by atoms with van der Waals surface area (Å²) in [7, 11) is 1.56. The Bertz CT molecular complexity index is 1240. The molecule has 0 radical (unpaired) electrons. The largest absolute Gasteiger partial charge is 0.507 e. The number of amides is 1. The van der Waals surface area contributed by atoms with Crippen molar-refractivity contribution in [2.75, 3.05) is 59.7 Å². The molecule has 9 nitrogen and oxygen atoms in total. The second kappa shape index (κ2) is 15.1. The van der Waals surface area contributed by atoms with Gasteiger partial charge in [0.15, 0.2) is 11.5 Å². The number of unbranched alkanes of at least 4 members (excludes halogenated alkanes) is 1. The highest BCUT2D eigenvalue weighted by Crippen LogP contribution is 2.42. The van der Waals surface area contributed by atoms with Gasteiger partial charge in [0, 0.05) is 31.7 Å². The number of ketones is 1. The third kappa shape index (κ3) is 7.63. The van der Waals surface area contributed by atoms with Gasteiger partial charge in [-0.25, -0.2) is 0 Å². The molecule has 2 aliphatic heterocycles. The first-order valence-corrected chi connectivity index (χ1v) is 15.0. The van der Waals surface area contributed by atoms with Crippen molar-refractivity contribution in [2.45, 2.75) is 46.1 Å². The van der Waals surface area contributed by atoms with Crippen LogP contribution in [0.1, 0.15) is 57.2 Å². The summed E-state index contributed by atoms with van der Waals surface area (Å²) in [6.07, 6.45) is 2.60. The van der Waals surface area contributed by atoms with Gasteiger partial charge in [-0.05, 0) is 60.7 Å². The highest BCUT2D eigenvalue weighted by molar-refractivity contribution is 6.46. The molecule has 0 aliphatic carbocycles. The van der Waals surface area contributed by atoms with Crippen LogP contribution < -0.4 is 14.2 Å². The summed E-state index contributed by atoms with van der Waals surface area (Å²) >= 11 is 0. The lowest BCUT2D eigenvalue weighted by molar-refractivity contribution is -0.140. The van der Waals surface area contributed by atoms with E-state index < -0.39 is 17.7 Å². The van der Waals surface area contributed by atoms with Gasteiger partial charge in [0.25, 0.3) is 11.7 Å². The first-order chi connectivity index (χ1) is 20.3.